The standard InChI is InChI=1S/C27H35N3O/c31-27(18-17-22-10-3-1-4-11-22)28-20-9-16-26-29-24-14-7-8-15-25(24)30(26)21-19-23-12-5-2-6-13-23/h1,3-4,7-8,10-11,14-15,23H,2,5-6,9,12-13,16-21H2,(H,28,31). The molecule has 0 unspecified atom stereocenters. The molecule has 0 radical (unpaired) electrons. The van der Waals surface area contributed by atoms with Crippen LogP contribution in [-0.4, -0.2) is 22.0 Å². The first-order valence-electron chi connectivity index (χ1n) is 12.0. The number of carbonyl (C=O) groups excluding carboxylic acids is 1. The number of imidazole rings is 1. The Hall–Kier alpha value is -2.62. The molecule has 1 fully saturated rings. The second-order valence-electron chi connectivity index (χ2n) is 8.90. The SMILES string of the molecule is O=C(CCc1ccccc1)NCCCc1nc2ccccc2n1CCC1CCCCC1. The Labute approximate surface area is 186 Å². The molecule has 1 saturated carbocycles. The van der Waals surface area contributed by atoms with Crippen molar-refractivity contribution in [3.8, 4) is 0 Å². The number of para-hydroxylation sites is 2. The van der Waals surface area contributed by atoms with Gasteiger partial charge in [0, 0.05) is 25.9 Å². The Kier molecular flexibility index (Phi) is 7.76. The lowest BCUT2D eigenvalue weighted by Crippen LogP contribution is -2.25. The Morgan fingerprint density at radius 1 is 0.968 bits per heavy atom. The number of rotatable bonds is 10. The fraction of sp³-hybridized carbons (Fsp3) is 0.481. The maximum atomic E-state index is 12.2. The second-order valence-corrected chi connectivity index (χ2v) is 8.90. The number of nitrogens with one attached hydrogen (secondary N) is 1. The highest BCUT2D eigenvalue weighted by Gasteiger charge is 2.16. The van der Waals surface area contributed by atoms with Gasteiger partial charge in [-0.1, -0.05) is 74.6 Å². The number of fused-ring (bicyclic) bond motifs is 1. The van der Waals surface area contributed by atoms with Crippen LogP contribution >= 0.6 is 0 Å². The molecule has 0 spiro atoms. The summed E-state index contributed by atoms with van der Waals surface area (Å²) >= 11 is 0. The van der Waals surface area contributed by atoms with Gasteiger partial charge in [-0.05, 0) is 42.9 Å². The van der Waals surface area contributed by atoms with E-state index >= 15 is 0 Å². The maximum absolute atomic E-state index is 12.2. The molecule has 1 amide bonds. The van der Waals surface area contributed by atoms with Crippen molar-refractivity contribution in [2.24, 2.45) is 5.92 Å². The van der Waals surface area contributed by atoms with Gasteiger partial charge in [0.2, 0.25) is 5.91 Å². The molecule has 164 valence electrons. The number of hydrogen-bond donors (Lipinski definition) is 1. The molecular weight excluding hydrogens is 382 g/mol. The van der Waals surface area contributed by atoms with Crippen molar-refractivity contribution in [2.75, 3.05) is 6.54 Å². The van der Waals surface area contributed by atoms with Crippen molar-refractivity contribution in [1.29, 1.82) is 0 Å². The predicted molar refractivity (Wildman–Crippen MR) is 127 cm³/mol. The molecule has 1 aliphatic rings. The second kappa shape index (κ2) is 11.1. The van der Waals surface area contributed by atoms with Gasteiger partial charge in [0.1, 0.15) is 5.82 Å². The summed E-state index contributed by atoms with van der Waals surface area (Å²) in [5, 5.41) is 3.08. The van der Waals surface area contributed by atoms with Crippen molar-refractivity contribution in [2.45, 2.75) is 70.8 Å². The van der Waals surface area contributed by atoms with E-state index < -0.39 is 0 Å². The van der Waals surface area contributed by atoms with Gasteiger partial charge in [-0.3, -0.25) is 4.79 Å². The molecule has 1 heterocycles. The number of aryl methyl sites for hydroxylation is 3. The first kappa shape index (κ1) is 21.6. The Morgan fingerprint density at radius 3 is 2.58 bits per heavy atom. The highest BCUT2D eigenvalue weighted by molar-refractivity contribution is 5.76. The zero-order valence-electron chi connectivity index (χ0n) is 18.6. The van der Waals surface area contributed by atoms with E-state index in [4.69, 9.17) is 4.98 Å². The van der Waals surface area contributed by atoms with E-state index in [2.05, 4.69) is 46.3 Å². The molecule has 0 saturated heterocycles. The summed E-state index contributed by atoms with van der Waals surface area (Å²) in [5.41, 5.74) is 3.55. The zero-order chi connectivity index (χ0) is 21.3. The van der Waals surface area contributed by atoms with E-state index in [1.165, 1.54) is 49.6 Å². The molecular formula is C27H35N3O. The van der Waals surface area contributed by atoms with Crippen LogP contribution in [0.4, 0.5) is 0 Å². The minimum absolute atomic E-state index is 0.134. The van der Waals surface area contributed by atoms with E-state index in [0.717, 1.165) is 43.1 Å². The third kappa shape index (κ3) is 6.19. The number of benzene rings is 2. The van der Waals surface area contributed by atoms with Crippen LogP contribution in [0.3, 0.4) is 0 Å². The lowest BCUT2D eigenvalue weighted by Gasteiger charge is -2.22. The van der Waals surface area contributed by atoms with Gasteiger partial charge in [0.25, 0.3) is 0 Å². The number of hydrogen-bond acceptors (Lipinski definition) is 2. The number of aromatic nitrogens is 2. The van der Waals surface area contributed by atoms with Gasteiger partial charge in [-0.25, -0.2) is 4.98 Å². The van der Waals surface area contributed by atoms with Crippen LogP contribution in [0.1, 0.15) is 62.8 Å². The first-order valence-corrected chi connectivity index (χ1v) is 12.0. The average molecular weight is 418 g/mol. The van der Waals surface area contributed by atoms with Crippen LogP contribution in [-0.2, 0) is 24.2 Å². The van der Waals surface area contributed by atoms with Crippen molar-refractivity contribution >= 4 is 16.9 Å². The van der Waals surface area contributed by atoms with Crippen LogP contribution < -0.4 is 5.32 Å². The summed E-state index contributed by atoms with van der Waals surface area (Å²) in [6.07, 6.45) is 11.4. The molecule has 3 aromatic rings. The Bertz CT molecular complexity index is 957. The zero-order valence-corrected chi connectivity index (χ0v) is 18.6. The van der Waals surface area contributed by atoms with E-state index in [9.17, 15) is 4.79 Å². The number of carbonyl (C=O) groups is 1. The van der Waals surface area contributed by atoms with Crippen molar-refractivity contribution < 1.29 is 4.79 Å². The fourth-order valence-corrected chi connectivity index (χ4v) is 4.82. The van der Waals surface area contributed by atoms with Crippen LogP contribution in [0.25, 0.3) is 11.0 Å². The molecule has 2 aromatic carbocycles. The third-order valence-corrected chi connectivity index (χ3v) is 6.60. The summed E-state index contributed by atoms with van der Waals surface area (Å²) in [5.74, 6) is 2.16. The lowest BCUT2D eigenvalue weighted by molar-refractivity contribution is -0.121. The van der Waals surface area contributed by atoms with Crippen molar-refractivity contribution in [3.63, 3.8) is 0 Å². The normalized spacial score (nSPS) is 14.7. The third-order valence-electron chi connectivity index (χ3n) is 6.60. The van der Waals surface area contributed by atoms with Crippen molar-refractivity contribution in [3.05, 3.63) is 66.0 Å². The first-order chi connectivity index (χ1) is 15.3. The van der Waals surface area contributed by atoms with Gasteiger partial charge < -0.3 is 9.88 Å². The minimum atomic E-state index is 0.134. The van der Waals surface area contributed by atoms with E-state index in [0.29, 0.717) is 13.0 Å². The molecule has 0 bridgehead atoms. The maximum Gasteiger partial charge on any atom is 0.220 e. The molecule has 31 heavy (non-hydrogen) atoms. The molecule has 0 aliphatic heterocycles. The fourth-order valence-electron chi connectivity index (χ4n) is 4.82. The molecule has 4 heteroatoms. The number of nitrogens with zero attached hydrogens (tertiary/aromatic N) is 2. The van der Waals surface area contributed by atoms with Crippen LogP contribution in [0, 0.1) is 5.92 Å². The highest BCUT2D eigenvalue weighted by atomic mass is 16.1. The summed E-state index contributed by atoms with van der Waals surface area (Å²) in [6.45, 7) is 1.77. The van der Waals surface area contributed by atoms with E-state index in [1.807, 2.05) is 18.2 Å². The van der Waals surface area contributed by atoms with E-state index in [-0.39, 0.29) is 5.91 Å². The highest BCUT2D eigenvalue weighted by Crippen LogP contribution is 2.28. The van der Waals surface area contributed by atoms with Gasteiger partial charge in [-0.2, -0.15) is 0 Å². The van der Waals surface area contributed by atoms with Gasteiger partial charge in [0.15, 0.2) is 0 Å². The quantitative estimate of drug-likeness (QED) is 0.431. The summed E-state index contributed by atoms with van der Waals surface area (Å²) in [6, 6.07) is 18.7. The number of amides is 1. The van der Waals surface area contributed by atoms with E-state index in [1.54, 1.807) is 0 Å². The summed E-state index contributed by atoms with van der Waals surface area (Å²) < 4.78 is 2.43. The van der Waals surface area contributed by atoms with Crippen LogP contribution in [0.15, 0.2) is 54.6 Å². The molecule has 1 aliphatic carbocycles. The summed E-state index contributed by atoms with van der Waals surface area (Å²) in [4.78, 5) is 17.1. The molecule has 1 N–H and O–H groups in total. The van der Waals surface area contributed by atoms with Gasteiger partial charge >= 0.3 is 0 Å². The average Bonchev–Trinajstić information content (AvgIpc) is 3.18. The van der Waals surface area contributed by atoms with Gasteiger partial charge in [0.05, 0.1) is 11.0 Å². The lowest BCUT2D eigenvalue weighted by atomic mass is 9.87. The van der Waals surface area contributed by atoms with Crippen molar-refractivity contribution in [1.82, 2.24) is 14.9 Å². The minimum Gasteiger partial charge on any atom is -0.356 e. The topological polar surface area (TPSA) is 46.9 Å². The molecule has 4 nitrogen and oxygen atoms in total. The van der Waals surface area contributed by atoms with Gasteiger partial charge in [-0.15, -0.1) is 0 Å². The predicted octanol–water partition coefficient (Wildman–Crippen LogP) is 5.69. The molecule has 1 aromatic heterocycles. The largest absolute Gasteiger partial charge is 0.356 e. The Morgan fingerprint density at radius 2 is 1.74 bits per heavy atom. The van der Waals surface area contributed by atoms with Crippen LogP contribution in [0.5, 0.6) is 0 Å². The molecule has 0 atom stereocenters. The van der Waals surface area contributed by atoms with Crippen LogP contribution in [0.2, 0.25) is 0 Å². The molecule has 4 rings (SSSR count). The monoisotopic (exact) mass is 417 g/mol. The summed E-state index contributed by atoms with van der Waals surface area (Å²) in [7, 11) is 0. The Balaban J connectivity index is 1.27. The smallest absolute Gasteiger partial charge is 0.220 e.